The molecule has 0 bridgehead atoms. The van der Waals surface area contributed by atoms with E-state index in [1.807, 2.05) is 13.0 Å². The van der Waals surface area contributed by atoms with Gasteiger partial charge in [-0.05, 0) is 36.8 Å². The average Bonchev–Trinajstić information content (AvgIpc) is 2.50. The fourth-order valence-electron chi connectivity index (χ4n) is 2.19. The number of fused-ring (bicyclic) bond motifs is 1. The molecule has 0 fully saturated rings. The minimum Gasteiger partial charge on any atom is -0.280 e. The first-order valence-electron chi connectivity index (χ1n) is 6.59. The van der Waals surface area contributed by atoms with Crippen molar-refractivity contribution in [1.82, 2.24) is 4.98 Å². The summed E-state index contributed by atoms with van der Waals surface area (Å²) in [6.45, 7) is 1.86. The second kappa shape index (κ2) is 5.59. The highest BCUT2D eigenvalue weighted by Crippen LogP contribution is 2.26. The zero-order valence-electron chi connectivity index (χ0n) is 11.7. The van der Waals surface area contributed by atoms with Crippen LogP contribution in [0.25, 0.3) is 10.8 Å². The van der Waals surface area contributed by atoms with Gasteiger partial charge in [0.05, 0.1) is 10.6 Å². The summed E-state index contributed by atoms with van der Waals surface area (Å²) in [6, 6.07) is 11.8. The van der Waals surface area contributed by atoms with Crippen molar-refractivity contribution < 1.29 is 8.42 Å². The fraction of sp³-hybridized carbons (Fsp3) is 0.0625. The highest BCUT2D eigenvalue weighted by atomic mass is 35.5. The number of aromatic nitrogens is 1. The predicted molar refractivity (Wildman–Crippen MR) is 88.7 cm³/mol. The van der Waals surface area contributed by atoms with E-state index in [1.54, 1.807) is 48.8 Å². The van der Waals surface area contributed by atoms with Crippen molar-refractivity contribution in [3.63, 3.8) is 0 Å². The minimum atomic E-state index is -3.71. The molecule has 0 spiro atoms. The lowest BCUT2D eigenvalue weighted by molar-refractivity contribution is 0.602. The van der Waals surface area contributed by atoms with Crippen LogP contribution in [-0.2, 0) is 10.0 Å². The molecular formula is C16H13ClN2O2S. The lowest BCUT2D eigenvalue weighted by atomic mass is 10.2. The molecule has 2 aromatic carbocycles. The number of anilines is 1. The van der Waals surface area contributed by atoms with Crippen molar-refractivity contribution in [3.05, 3.63) is 65.4 Å². The molecule has 0 aliphatic carbocycles. The highest BCUT2D eigenvalue weighted by Gasteiger charge is 2.17. The molecule has 0 atom stereocenters. The van der Waals surface area contributed by atoms with Crippen molar-refractivity contribution in [2.75, 3.05) is 4.72 Å². The van der Waals surface area contributed by atoms with Gasteiger partial charge in [-0.15, -0.1) is 0 Å². The number of hydrogen-bond donors (Lipinski definition) is 1. The van der Waals surface area contributed by atoms with E-state index in [-0.39, 0.29) is 4.90 Å². The smallest absolute Gasteiger partial charge is 0.262 e. The first kappa shape index (κ1) is 14.8. The summed E-state index contributed by atoms with van der Waals surface area (Å²) in [7, 11) is -3.71. The number of nitrogens with zero attached hydrogens (tertiary/aromatic N) is 1. The van der Waals surface area contributed by atoms with Gasteiger partial charge in [0.25, 0.3) is 10.0 Å². The van der Waals surface area contributed by atoms with E-state index < -0.39 is 10.0 Å². The van der Waals surface area contributed by atoms with Gasteiger partial charge in [0.1, 0.15) is 0 Å². The van der Waals surface area contributed by atoms with Crippen LogP contribution >= 0.6 is 11.6 Å². The van der Waals surface area contributed by atoms with E-state index in [1.165, 1.54) is 0 Å². The summed E-state index contributed by atoms with van der Waals surface area (Å²) in [4.78, 5) is 4.22. The average molecular weight is 333 g/mol. The Morgan fingerprint density at radius 3 is 2.73 bits per heavy atom. The van der Waals surface area contributed by atoms with Gasteiger partial charge in [0.15, 0.2) is 0 Å². The van der Waals surface area contributed by atoms with Crippen molar-refractivity contribution in [2.24, 2.45) is 0 Å². The fourth-order valence-corrected chi connectivity index (χ4v) is 3.65. The summed E-state index contributed by atoms with van der Waals surface area (Å²) in [6.07, 6.45) is 3.21. The van der Waals surface area contributed by atoms with E-state index in [4.69, 9.17) is 11.6 Å². The van der Waals surface area contributed by atoms with Gasteiger partial charge in [-0.3, -0.25) is 9.71 Å². The van der Waals surface area contributed by atoms with Crippen molar-refractivity contribution in [3.8, 4) is 0 Å². The lowest BCUT2D eigenvalue weighted by Crippen LogP contribution is -2.13. The third-order valence-electron chi connectivity index (χ3n) is 3.35. The van der Waals surface area contributed by atoms with Crippen LogP contribution in [0.4, 0.5) is 5.69 Å². The van der Waals surface area contributed by atoms with E-state index in [9.17, 15) is 8.42 Å². The quantitative estimate of drug-likeness (QED) is 0.788. The SMILES string of the molecule is Cc1ccc(NS(=O)(=O)c2cccc3cnccc23)cc1Cl. The number of halogens is 1. The highest BCUT2D eigenvalue weighted by molar-refractivity contribution is 7.93. The maximum atomic E-state index is 12.6. The zero-order chi connectivity index (χ0) is 15.7. The van der Waals surface area contributed by atoms with E-state index in [0.717, 1.165) is 10.9 Å². The summed E-state index contributed by atoms with van der Waals surface area (Å²) in [5.74, 6) is 0. The topological polar surface area (TPSA) is 59.1 Å². The maximum Gasteiger partial charge on any atom is 0.262 e. The number of benzene rings is 2. The third kappa shape index (κ3) is 2.77. The van der Waals surface area contributed by atoms with Crippen LogP contribution in [0.2, 0.25) is 5.02 Å². The van der Waals surface area contributed by atoms with Crippen molar-refractivity contribution in [1.29, 1.82) is 0 Å². The van der Waals surface area contributed by atoms with Crippen LogP contribution in [0, 0.1) is 6.92 Å². The molecule has 0 unspecified atom stereocenters. The zero-order valence-corrected chi connectivity index (χ0v) is 13.3. The largest absolute Gasteiger partial charge is 0.280 e. The van der Waals surface area contributed by atoms with Crippen LogP contribution in [0.1, 0.15) is 5.56 Å². The molecule has 22 heavy (non-hydrogen) atoms. The standard InChI is InChI=1S/C16H13ClN2O2S/c1-11-5-6-13(9-15(11)17)19-22(20,21)16-4-2-3-12-10-18-8-7-14(12)16/h2-10,19H,1H3. The summed E-state index contributed by atoms with van der Waals surface area (Å²) in [5, 5.41) is 1.91. The normalized spacial score (nSPS) is 11.5. The molecule has 0 radical (unpaired) electrons. The first-order valence-corrected chi connectivity index (χ1v) is 8.45. The van der Waals surface area contributed by atoms with Gasteiger partial charge in [-0.25, -0.2) is 8.42 Å². The van der Waals surface area contributed by atoms with E-state index in [2.05, 4.69) is 9.71 Å². The summed E-state index contributed by atoms with van der Waals surface area (Å²) < 4.78 is 27.8. The van der Waals surface area contributed by atoms with Crippen LogP contribution in [0.3, 0.4) is 0 Å². The Labute approximate surface area is 133 Å². The Hall–Kier alpha value is -2.11. The molecule has 0 aliphatic rings. The van der Waals surface area contributed by atoms with Gasteiger partial charge in [0, 0.05) is 28.2 Å². The maximum absolute atomic E-state index is 12.6. The molecule has 0 saturated heterocycles. The molecule has 1 heterocycles. The molecule has 3 rings (SSSR count). The van der Waals surface area contributed by atoms with Crippen LogP contribution < -0.4 is 4.72 Å². The molecule has 4 nitrogen and oxygen atoms in total. The minimum absolute atomic E-state index is 0.212. The van der Waals surface area contributed by atoms with Gasteiger partial charge in [-0.2, -0.15) is 0 Å². The Morgan fingerprint density at radius 2 is 1.95 bits per heavy atom. The number of nitrogens with one attached hydrogen (secondary N) is 1. The lowest BCUT2D eigenvalue weighted by Gasteiger charge is -2.11. The second-order valence-corrected chi connectivity index (χ2v) is 6.98. The van der Waals surface area contributed by atoms with E-state index >= 15 is 0 Å². The molecule has 0 amide bonds. The first-order chi connectivity index (χ1) is 10.5. The number of rotatable bonds is 3. The van der Waals surface area contributed by atoms with Crippen LogP contribution in [0.5, 0.6) is 0 Å². The number of aryl methyl sites for hydroxylation is 1. The van der Waals surface area contributed by atoms with Crippen LogP contribution in [-0.4, -0.2) is 13.4 Å². The number of hydrogen-bond acceptors (Lipinski definition) is 3. The Balaban J connectivity index is 2.07. The molecule has 1 aromatic heterocycles. The molecular weight excluding hydrogens is 320 g/mol. The Bertz CT molecular complexity index is 950. The van der Waals surface area contributed by atoms with Crippen molar-refractivity contribution in [2.45, 2.75) is 11.8 Å². The summed E-state index contributed by atoms with van der Waals surface area (Å²) in [5.41, 5.74) is 1.32. The Kier molecular flexibility index (Phi) is 3.76. The third-order valence-corrected chi connectivity index (χ3v) is 5.20. The number of sulfonamides is 1. The van der Waals surface area contributed by atoms with Gasteiger partial charge >= 0.3 is 0 Å². The monoisotopic (exact) mass is 332 g/mol. The summed E-state index contributed by atoms with van der Waals surface area (Å²) >= 11 is 6.04. The molecule has 1 N–H and O–H groups in total. The van der Waals surface area contributed by atoms with Gasteiger partial charge < -0.3 is 0 Å². The predicted octanol–water partition coefficient (Wildman–Crippen LogP) is 4.00. The van der Waals surface area contributed by atoms with Gasteiger partial charge in [0.2, 0.25) is 0 Å². The van der Waals surface area contributed by atoms with Crippen LogP contribution in [0.15, 0.2) is 59.8 Å². The van der Waals surface area contributed by atoms with Gasteiger partial charge in [-0.1, -0.05) is 29.8 Å². The Morgan fingerprint density at radius 1 is 1.14 bits per heavy atom. The molecule has 0 aliphatic heterocycles. The van der Waals surface area contributed by atoms with Crippen molar-refractivity contribution >= 4 is 38.1 Å². The second-order valence-electron chi connectivity index (χ2n) is 4.92. The molecule has 0 saturated carbocycles. The molecule has 6 heteroatoms. The molecule has 112 valence electrons. The van der Waals surface area contributed by atoms with E-state index in [0.29, 0.717) is 16.1 Å². The molecule has 3 aromatic rings. The number of pyridine rings is 1.